The Hall–Kier alpha value is -3.00. The van der Waals surface area contributed by atoms with E-state index in [0.717, 1.165) is 0 Å². The second-order valence-corrected chi connectivity index (χ2v) is 4.07. The molecule has 0 aliphatic heterocycles. The first kappa shape index (κ1) is 13.4. The van der Waals surface area contributed by atoms with Crippen molar-refractivity contribution in [1.29, 1.82) is 5.26 Å². The number of benzene rings is 2. The summed E-state index contributed by atoms with van der Waals surface area (Å²) in [6.45, 7) is 0. The van der Waals surface area contributed by atoms with E-state index in [0.29, 0.717) is 28.3 Å². The smallest absolute Gasteiger partial charge is 0.257 e. The van der Waals surface area contributed by atoms with E-state index >= 15 is 0 Å². The highest BCUT2D eigenvalue weighted by Crippen LogP contribution is 2.26. The number of carbonyl (C=O) groups excluding carboxylic acids is 1. The topological polar surface area (TPSA) is 88.1 Å². The van der Waals surface area contributed by atoms with Crippen LogP contribution < -0.4 is 15.8 Å². The molecule has 2 aromatic rings. The predicted octanol–water partition coefficient (Wildman–Crippen LogP) is 2.40. The fraction of sp³-hybridized carbons (Fsp3) is 0.0667. The summed E-state index contributed by atoms with van der Waals surface area (Å²) in [5, 5.41) is 11.6. The van der Waals surface area contributed by atoms with E-state index in [2.05, 4.69) is 5.32 Å². The minimum absolute atomic E-state index is 0.328. The number of nitrogens with zero attached hydrogens (tertiary/aromatic N) is 1. The molecular weight excluding hydrogens is 254 g/mol. The van der Waals surface area contributed by atoms with Gasteiger partial charge in [-0.25, -0.2) is 0 Å². The molecule has 2 rings (SSSR count). The lowest BCUT2D eigenvalue weighted by molar-refractivity contribution is 0.102. The summed E-state index contributed by atoms with van der Waals surface area (Å²) >= 11 is 0. The van der Waals surface area contributed by atoms with Gasteiger partial charge in [0.05, 0.1) is 30.0 Å². The molecule has 20 heavy (non-hydrogen) atoms. The van der Waals surface area contributed by atoms with E-state index in [-0.39, 0.29) is 5.91 Å². The summed E-state index contributed by atoms with van der Waals surface area (Å²) < 4.78 is 5.16. The molecule has 0 fully saturated rings. The van der Waals surface area contributed by atoms with Crippen LogP contribution in [0.15, 0.2) is 42.5 Å². The van der Waals surface area contributed by atoms with Crippen molar-refractivity contribution in [1.82, 2.24) is 0 Å². The molecule has 5 nitrogen and oxygen atoms in total. The van der Waals surface area contributed by atoms with E-state index in [1.807, 2.05) is 6.07 Å². The molecule has 0 bridgehead atoms. The molecule has 2 aromatic carbocycles. The number of carbonyl (C=O) groups is 1. The Labute approximate surface area is 116 Å². The molecule has 0 saturated carbocycles. The number of nitrogens with one attached hydrogen (secondary N) is 1. The van der Waals surface area contributed by atoms with Gasteiger partial charge in [-0.1, -0.05) is 12.1 Å². The summed E-state index contributed by atoms with van der Waals surface area (Å²) in [4.78, 5) is 12.1. The zero-order chi connectivity index (χ0) is 14.5. The zero-order valence-corrected chi connectivity index (χ0v) is 10.9. The number of anilines is 2. The number of rotatable bonds is 3. The van der Waals surface area contributed by atoms with Crippen molar-refractivity contribution in [3.05, 3.63) is 53.6 Å². The summed E-state index contributed by atoms with van der Waals surface area (Å²) in [5.74, 6) is 0.0954. The minimum Gasteiger partial charge on any atom is -0.495 e. The van der Waals surface area contributed by atoms with Crippen LogP contribution in [0.5, 0.6) is 5.75 Å². The highest BCUT2D eigenvalue weighted by molar-refractivity contribution is 6.08. The van der Waals surface area contributed by atoms with Gasteiger partial charge in [-0.05, 0) is 24.3 Å². The van der Waals surface area contributed by atoms with Crippen LogP contribution in [0.2, 0.25) is 0 Å². The second-order valence-electron chi connectivity index (χ2n) is 4.07. The van der Waals surface area contributed by atoms with Crippen molar-refractivity contribution in [3.8, 4) is 11.8 Å². The van der Waals surface area contributed by atoms with E-state index in [9.17, 15) is 4.79 Å². The van der Waals surface area contributed by atoms with Gasteiger partial charge in [-0.3, -0.25) is 4.79 Å². The average Bonchev–Trinajstić information content (AvgIpc) is 2.48. The number of amides is 1. The Morgan fingerprint density at radius 3 is 2.70 bits per heavy atom. The van der Waals surface area contributed by atoms with Crippen LogP contribution in [-0.2, 0) is 0 Å². The molecule has 1 amide bonds. The predicted molar refractivity (Wildman–Crippen MR) is 76.5 cm³/mol. The lowest BCUT2D eigenvalue weighted by Crippen LogP contribution is -2.14. The molecule has 0 spiro atoms. The highest BCUT2D eigenvalue weighted by Gasteiger charge is 2.12. The van der Waals surface area contributed by atoms with Crippen molar-refractivity contribution in [2.45, 2.75) is 0 Å². The molecule has 0 atom stereocenters. The first-order valence-corrected chi connectivity index (χ1v) is 5.89. The van der Waals surface area contributed by atoms with Gasteiger partial charge >= 0.3 is 0 Å². The van der Waals surface area contributed by atoms with Gasteiger partial charge in [-0.15, -0.1) is 0 Å². The van der Waals surface area contributed by atoms with Gasteiger partial charge in [0, 0.05) is 11.8 Å². The van der Waals surface area contributed by atoms with Crippen LogP contribution >= 0.6 is 0 Å². The summed E-state index contributed by atoms with van der Waals surface area (Å²) in [7, 11) is 1.48. The van der Waals surface area contributed by atoms with E-state index in [1.54, 1.807) is 42.5 Å². The highest BCUT2D eigenvalue weighted by atomic mass is 16.5. The van der Waals surface area contributed by atoms with E-state index in [4.69, 9.17) is 15.7 Å². The van der Waals surface area contributed by atoms with Crippen LogP contribution in [0.4, 0.5) is 11.4 Å². The molecule has 0 radical (unpaired) electrons. The average molecular weight is 267 g/mol. The number of ether oxygens (including phenoxy) is 1. The van der Waals surface area contributed by atoms with Crippen molar-refractivity contribution in [2.75, 3.05) is 18.2 Å². The number of methoxy groups -OCH3 is 1. The maximum Gasteiger partial charge on any atom is 0.257 e. The van der Waals surface area contributed by atoms with E-state index in [1.165, 1.54) is 7.11 Å². The van der Waals surface area contributed by atoms with Gasteiger partial charge in [0.1, 0.15) is 5.75 Å². The monoisotopic (exact) mass is 267 g/mol. The quantitative estimate of drug-likeness (QED) is 0.836. The maximum atomic E-state index is 12.1. The van der Waals surface area contributed by atoms with Crippen LogP contribution in [-0.4, -0.2) is 13.0 Å². The largest absolute Gasteiger partial charge is 0.495 e. The van der Waals surface area contributed by atoms with Crippen molar-refractivity contribution in [2.24, 2.45) is 0 Å². The second kappa shape index (κ2) is 5.76. The Morgan fingerprint density at radius 2 is 2.05 bits per heavy atom. The summed E-state index contributed by atoms with van der Waals surface area (Å²) in [5.41, 5.74) is 7.49. The number of hydrogen-bond donors (Lipinski definition) is 2. The van der Waals surface area contributed by atoms with Gasteiger partial charge in [-0.2, -0.15) is 5.26 Å². The Kier molecular flexibility index (Phi) is 3.87. The van der Waals surface area contributed by atoms with Gasteiger partial charge in [0.25, 0.3) is 5.91 Å². The fourth-order valence-corrected chi connectivity index (χ4v) is 1.76. The molecule has 0 heterocycles. The molecule has 3 N–H and O–H groups in total. The Bertz CT molecular complexity index is 690. The van der Waals surface area contributed by atoms with Gasteiger partial charge in [0.15, 0.2) is 0 Å². The number of para-hydroxylation sites is 1. The molecular formula is C15H13N3O2. The molecule has 5 heteroatoms. The maximum absolute atomic E-state index is 12.1. The minimum atomic E-state index is -0.328. The summed E-state index contributed by atoms with van der Waals surface area (Å²) in [6, 6.07) is 13.6. The number of nitrogens with two attached hydrogens (primary N) is 1. The van der Waals surface area contributed by atoms with Gasteiger partial charge < -0.3 is 15.8 Å². The Morgan fingerprint density at radius 1 is 1.30 bits per heavy atom. The molecule has 0 aromatic heterocycles. The van der Waals surface area contributed by atoms with Crippen molar-refractivity contribution in [3.63, 3.8) is 0 Å². The molecule has 0 aliphatic carbocycles. The number of hydrogen-bond acceptors (Lipinski definition) is 4. The normalized spacial score (nSPS) is 9.60. The lowest BCUT2D eigenvalue weighted by Gasteiger charge is -2.11. The van der Waals surface area contributed by atoms with Gasteiger partial charge in [0.2, 0.25) is 0 Å². The fourth-order valence-electron chi connectivity index (χ4n) is 1.76. The van der Waals surface area contributed by atoms with Crippen molar-refractivity contribution < 1.29 is 9.53 Å². The first-order chi connectivity index (χ1) is 9.65. The van der Waals surface area contributed by atoms with E-state index < -0.39 is 0 Å². The zero-order valence-electron chi connectivity index (χ0n) is 10.9. The standard InChI is InChI=1S/C15H13N3O2/c1-20-14-8-10(9-16)6-7-13(14)18-15(19)11-4-2-3-5-12(11)17/h2-8H,17H2,1H3,(H,18,19). The third-order valence-corrected chi connectivity index (χ3v) is 2.78. The molecule has 100 valence electrons. The molecule has 0 saturated heterocycles. The SMILES string of the molecule is COc1cc(C#N)ccc1NC(=O)c1ccccc1N. The summed E-state index contributed by atoms with van der Waals surface area (Å²) in [6.07, 6.45) is 0. The Balaban J connectivity index is 2.29. The molecule has 0 aliphatic rings. The first-order valence-electron chi connectivity index (χ1n) is 5.89. The number of nitriles is 1. The van der Waals surface area contributed by atoms with Crippen LogP contribution in [0.3, 0.4) is 0 Å². The van der Waals surface area contributed by atoms with Crippen LogP contribution in [0.1, 0.15) is 15.9 Å². The third-order valence-electron chi connectivity index (χ3n) is 2.78. The lowest BCUT2D eigenvalue weighted by atomic mass is 10.1. The van der Waals surface area contributed by atoms with Crippen molar-refractivity contribution >= 4 is 17.3 Å². The number of nitrogen functional groups attached to an aromatic ring is 1. The van der Waals surface area contributed by atoms with Crippen LogP contribution in [0, 0.1) is 11.3 Å². The third kappa shape index (κ3) is 2.70. The molecule has 0 unspecified atom stereocenters. The van der Waals surface area contributed by atoms with Crippen LogP contribution in [0.25, 0.3) is 0 Å².